The Kier molecular flexibility index (Phi) is 3.52. The van der Waals surface area contributed by atoms with Crippen molar-refractivity contribution in [3.63, 3.8) is 0 Å². The molecule has 3 rings (SSSR count). The van der Waals surface area contributed by atoms with Gasteiger partial charge in [-0.2, -0.15) is 0 Å². The Hall–Kier alpha value is -0.580. The van der Waals surface area contributed by atoms with Crippen LogP contribution in [0.25, 0.3) is 11.0 Å². The van der Waals surface area contributed by atoms with Gasteiger partial charge >= 0.3 is 0 Å². The van der Waals surface area contributed by atoms with Gasteiger partial charge in [0.25, 0.3) is 0 Å². The van der Waals surface area contributed by atoms with Gasteiger partial charge in [0.05, 0.1) is 17.1 Å². The third-order valence-corrected chi connectivity index (χ3v) is 3.35. The van der Waals surface area contributed by atoms with Gasteiger partial charge in [-0.25, -0.2) is 4.98 Å². The van der Waals surface area contributed by atoms with Crippen molar-refractivity contribution in [2.24, 2.45) is 0 Å². The van der Waals surface area contributed by atoms with Crippen molar-refractivity contribution in [2.75, 3.05) is 6.54 Å². The largest absolute Gasteiger partial charge is 0.341 e. The number of imidazole rings is 1. The Bertz CT molecular complexity index is 491. The molecule has 2 N–H and O–H groups in total. The fourth-order valence-corrected chi connectivity index (χ4v) is 2.43. The molecule has 2 aromatic rings. The lowest BCUT2D eigenvalue weighted by molar-refractivity contribution is 0.614. The molecule has 3 nitrogen and oxygen atoms in total. The number of hydrogen-bond donors (Lipinski definition) is 2. The number of aromatic amines is 1. The van der Waals surface area contributed by atoms with Crippen LogP contribution in [0.2, 0.25) is 0 Å². The molecule has 0 spiro atoms. The van der Waals surface area contributed by atoms with E-state index in [9.17, 15) is 0 Å². The zero-order valence-corrected chi connectivity index (χ0v) is 11.1. The van der Waals surface area contributed by atoms with Crippen molar-refractivity contribution >= 4 is 39.4 Å². The van der Waals surface area contributed by atoms with E-state index < -0.39 is 0 Å². The Morgan fingerprint density at radius 1 is 1.38 bits per heavy atom. The summed E-state index contributed by atoms with van der Waals surface area (Å²) < 4.78 is 1.08. The molecule has 1 aliphatic rings. The van der Waals surface area contributed by atoms with Crippen molar-refractivity contribution in [3.8, 4) is 0 Å². The van der Waals surface area contributed by atoms with Gasteiger partial charge in [-0.1, -0.05) is 15.9 Å². The van der Waals surface area contributed by atoms with Crippen molar-refractivity contribution in [1.82, 2.24) is 15.3 Å². The second-order valence-corrected chi connectivity index (χ2v) is 4.85. The molecule has 16 heavy (non-hydrogen) atoms. The van der Waals surface area contributed by atoms with E-state index >= 15 is 0 Å². The number of H-pyrrole nitrogens is 1. The first kappa shape index (κ1) is 11.9. The highest BCUT2D eigenvalue weighted by Gasteiger charge is 2.19. The van der Waals surface area contributed by atoms with Crippen LogP contribution in [0.5, 0.6) is 0 Å². The predicted octanol–water partition coefficient (Wildman–Crippen LogP) is 3.17. The third kappa shape index (κ3) is 2.10. The zero-order chi connectivity index (χ0) is 10.3. The summed E-state index contributed by atoms with van der Waals surface area (Å²) >= 11 is 3.46. The highest BCUT2D eigenvalue weighted by molar-refractivity contribution is 9.10. The number of fused-ring (bicyclic) bond motifs is 1. The SMILES string of the molecule is Brc1ccc2[nH]c([C@@H]3CCCN3)nc2c1.Cl. The number of hydrogen-bond acceptors (Lipinski definition) is 2. The van der Waals surface area contributed by atoms with Crippen LogP contribution in [0.1, 0.15) is 24.7 Å². The van der Waals surface area contributed by atoms with Crippen LogP contribution in [0.3, 0.4) is 0 Å². The van der Waals surface area contributed by atoms with Crippen LogP contribution < -0.4 is 5.32 Å². The van der Waals surface area contributed by atoms with E-state index in [1.54, 1.807) is 0 Å². The number of aromatic nitrogens is 2. The van der Waals surface area contributed by atoms with Gasteiger partial charge in [0.1, 0.15) is 5.82 Å². The molecule has 1 atom stereocenters. The number of halogens is 2. The molecule has 86 valence electrons. The van der Waals surface area contributed by atoms with Gasteiger partial charge < -0.3 is 10.3 Å². The van der Waals surface area contributed by atoms with Crippen LogP contribution in [-0.2, 0) is 0 Å². The lowest BCUT2D eigenvalue weighted by Gasteiger charge is -2.04. The summed E-state index contributed by atoms with van der Waals surface area (Å²) in [5, 5.41) is 3.44. The molecule has 1 aromatic heterocycles. The number of rotatable bonds is 1. The van der Waals surface area contributed by atoms with Gasteiger partial charge in [-0.05, 0) is 37.6 Å². The molecule has 2 heterocycles. The first-order valence-electron chi connectivity index (χ1n) is 5.21. The molecule has 0 saturated carbocycles. The van der Waals surface area contributed by atoms with Crippen molar-refractivity contribution in [3.05, 3.63) is 28.5 Å². The monoisotopic (exact) mass is 301 g/mol. The second kappa shape index (κ2) is 4.73. The molecular formula is C11H13BrClN3. The standard InChI is InChI=1S/C11H12BrN3.ClH/c12-7-3-4-8-10(6-7)15-11(14-8)9-2-1-5-13-9;/h3-4,6,9,13H,1-2,5H2,(H,14,15);1H/t9-;/m0./s1. The quantitative estimate of drug-likeness (QED) is 0.849. The van der Waals surface area contributed by atoms with Gasteiger partial charge in [0.2, 0.25) is 0 Å². The summed E-state index contributed by atoms with van der Waals surface area (Å²) in [6, 6.07) is 6.55. The van der Waals surface area contributed by atoms with Crippen LogP contribution >= 0.6 is 28.3 Å². The first-order chi connectivity index (χ1) is 7.33. The Labute approximate surface area is 109 Å². The molecule has 1 saturated heterocycles. The predicted molar refractivity (Wildman–Crippen MR) is 71.0 cm³/mol. The molecule has 0 bridgehead atoms. The van der Waals surface area contributed by atoms with E-state index in [1.165, 1.54) is 12.8 Å². The summed E-state index contributed by atoms with van der Waals surface area (Å²) in [4.78, 5) is 7.98. The number of nitrogens with zero attached hydrogens (tertiary/aromatic N) is 1. The molecule has 0 unspecified atom stereocenters. The highest BCUT2D eigenvalue weighted by Crippen LogP contribution is 2.24. The second-order valence-electron chi connectivity index (χ2n) is 3.93. The van der Waals surface area contributed by atoms with Crippen LogP contribution in [0, 0.1) is 0 Å². The smallest absolute Gasteiger partial charge is 0.124 e. The average Bonchev–Trinajstić information content (AvgIpc) is 2.84. The van der Waals surface area contributed by atoms with E-state index in [-0.39, 0.29) is 12.4 Å². The molecule has 0 radical (unpaired) electrons. The van der Waals surface area contributed by atoms with E-state index in [1.807, 2.05) is 12.1 Å². The Morgan fingerprint density at radius 3 is 3.00 bits per heavy atom. The maximum atomic E-state index is 4.61. The van der Waals surface area contributed by atoms with E-state index in [4.69, 9.17) is 0 Å². The first-order valence-corrected chi connectivity index (χ1v) is 6.01. The summed E-state index contributed by atoms with van der Waals surface area (Å²) in [5.41, 5.74) is 2.15. The van der Waals surface area contributed by atoms with Crippen molar-refractivity contribution in [1.29, 1.82) is 0 Å². The minimum atomic E-state index is 0. The zero-order valence-electron chi connectivity index (χ0n) is 8.66. The Morgan fingerprint density at radius 2 is 2.25 bits per heavy atom. The lowest BCUT2D eigenvalue weighted by Crippen LogP contribution is -2.13. The molecule has 0 aliphatic carbocycles. The molecule has 1 aliphatic heterocycles. The van der Waals surface area contributed by atoms with Crippen LogP contribution in [0.4, 0.5) is 0 Å². The summed E-state index contributed by atoms with van der Waals surface area (Å²) in [6.07, 6.45) is 2.42. The van der Waals surface area contributed by atoms with E-state index in [2.05, 4.69) is 37.3 Å². The molecular weight excluding hydrogens is 289 g/mol. The van der Waals surface area contributed by atoms with Gasteiger partial charge in [0.15, 0.2) is 0 Å². The normalized spacial score (nSPS) is 19.9. The topological polar surface area (TPSA) is 40.7 Å². The molecule has 1 fully saturated rings. The lowest BCUT2D eigenvalue weighted by atomic mass is 10.2. The molecule has 1 aromatic carbocycles. The summed E-state index contributed by atoms with van der Waals surface area (Å²) in [7, 11) is 0. The molecule has 0 amide bonds. The van der Waals surface area contributed by atoms with Gasteiger partial charge in [0, 0.05) is 4.47 Å². The maximum absolute atomic E-state index is 4.61. The van der Waals surface area contributed by atoms with Crippen LogP contribution in [0.15, 0.2) is 22.7 Å². The summed E-state index contributed by atoms with van der Waals surface area (Å²) in [6.45, 7) is 1.10. The van der Waals surface area contributed by atoms with Gasteiger partial charge in [-0.15, -0.1) is 12.4 Å². The minimum absolute atomic E-state index is 0. The van der Waals surface area contributed by atoms with Crippen molar-refractivity contribution in [2.45, 2.75) is 18.9 Å². The number of nitrogens with one attached hydrogen (secondary N) is 2. The third-order valence-electron chi connectivity index (χ3n) is 2.85. The summed E-state index contributed by atoms with van der Waals surface area (Å²) in [5.74, 6) is 1.07. The molecule has 5 heteroatoms. The van der Waals surface area contributed by atoms with E-state index in [0.717, 1.165) is 27.9 Å². The van der Waals surface area contributed by atoms with Gasteiger partial charge in [-0.3, -0.25) is 0 Å². The van der Waals surface area contributed by atoms with Crippen LogP contribution in [-0.4, -0.2) is 16.5 Å². The van der Waals surface area contributed by atoms with Crippen molar-refractivity contribution < 1.29 is 0 Å². The Balaban J connectivity index is 0.000000963. The minimum Gasteiger partial charge on any atom is -0.341 e. The maximum Gasteiger partial charge on any atom is 0.124 e. The fraction of sp³-hybridized carbons (Fsp3) is 0.364. The highest BCUT2D eigenvalue weighted by atomic mass is 79.9. The average molecular weight is 303 g/mol. The van der Waals surface area contributed by atoms with E-state index in [0.29, 0.717) is 6.04 Å². The fourth-order valence-electron chi connectivity index (χ4n) is 2.08. The number of benzene rings is 1.